The smallest absolute Gasteiger partial charge is 0.305 e. The summed E-state index contributed by atoms with van der Waals surface area (Å²) in [5.74, 6) is -5.87. The number of primary amides is 1. The second-order valence-electron chi connectivity index (χ2n) is 9.66. The van der Waals surface area contributed by atoms with Gasteiger partial charge in [0, 0.05) is 18.9 Å². The van der Waals surface area contributed by atoms with Gasteiger partial charge >= 0.3 is 5.97 Å². The zero-order valence-electron chi connectivity index (χ0n) is 21.4. The zero-order valence-corrected chi connectivity index (χ0v) is 21.4. The van der Waals surface area contributed by atoms with Gasteiger partial charge in [-0.15, -0.1) is 0 Å². The SMILES string of the molecule is CC(C)C[C@H](CC(=O)NO)C(=O)N[C@@H](CC(=O)O)C(=O)N1CCC[C@H]1C(=O)N[C@@H](CCCCN)C(N)=O. The first kappa shape index (κ1) is 31.8. The largest absolute Gasteiger partial charge is 0.481 e. The van der Waals surface area contributed by atoms with Crippen LogP contribution in [-0.4, -0.2) is 81.9 Å². The van der Waals surface area contributed by atoms with Crippen LogP contribution in [0.15, 0.2) is 0 Å². The van der Waals surface area contributed by atoms with Crippen LogP contribution in [-0.2, 0) is 28.8 Å². The van der Waals surface area contributed by atoms with Crippen molar-refractivity contribution in [3.8, 4) is 0 Å². The zero-order chi connectivity index (χ0) is 28.1. The highest BCUT2D eigenvalue weighted by Crippen LogP contribution is 2.21. The normalized spacial score (nSPS) is 17.5. The van der Waals surface area contributed by atoms with Crippen LogP contribution in [0.1, 0.15) is 65.2 Å². The molecule has 9 N–H and O–H groups in total. The number of nitrogens with zero attached hydrogens (tertiary/aromatic N) is 1. The van der Waals surface area contributed by atoms with Crippen LogP contribution in [0.3, 0.4) is 0 Å². The standard InChI is InChI=1S/C23H40N6O8/c1-13(2)10-14(11-18(30)28-37)21(34)27-16(12-19(31)32)23(36)29-9-5-7-17(29)22(35)26-15(20(25)33)6-3-4-8-24/h13-17,37H,3-12,24H2,1-2H3,(H2,25,33)(H,26,35)(H,27,34)(H,28,30)(H,31,32)/t14-,15+,16+,17+/m1/s1. The molecule has 1 heterocycles. The summed E-state index contributed by atoms with van der Waals surface area (Å²) in [7, 11) is 0. The van der Waals surface area contributed by atoms with E-state index in [2.05, 4.69) is 10.6 Å². The summed E-state index contributed by atoms with van der Waals surface area (Å²) in [6, 6.07) is -3.40. The lowest BCUT2D eigenvalue weighted by atomic mass is 9.92. The molecular formula is C23H40N6O8. The molecule has 0 unspecified atom stereocenters. The summed E-state index contributed by atoms with van der Waals surface area (Å²) >= 11 is 0. The third-order valence-electron chi connectivity index (χ3n) is 6.12. The molecule has 0 radical (unpaired) electrons. The number of aliphatic carboxylic acids is 1. The lowest BCUT2D eigenvalue weighted by Crippen LogP contribution is -2.56. The van der Waals surface area contributed by atoms with Crippen molar-refractivity contribution in [3.05, 3.63) is 0 Å². The lowest BCUT2D eigenvalue weighted by Gasteiger charge is -2.30. The number of rotatable bonds is 16. The number of carbonyl (C=O) groups is 6. The molecule has 0 saturated carbocycles. The number of carboxylic acids is 1. The molecule has 0 spiro atoms. The summed E-state index contributed by atoms with van der Waals surface area (Å²) in [6.07, 6.45) is 1.39. The number of nitrogens with one attached hydrogen (secondary N) is 3. The number of hydroxylamine groups is 1. The second kappa shape index (κ2) is 15.8. The summed E-state index contributed by atoms with van der Waals surface area (Å²) < 4.78 is 0. The fourth-order valence-electron chi connectivity index (χ4n) is 4.34. The highest BCUT2D eigenvalue weighted by molar-refractivity contribution is 5.96. The second-order valence-corrected chi connectivity index (χ2v) is 9.66. The fourth-order valence-corrected chi connectivity index (χ4v) is 4.34. The molecule has 4 atom stereocenters. The molecule has 0 aromatic rings. The lowest BCUT2D eigenvalue weighted by molar-refractivity contribution is -0.146. The molecule has 210 valence electrons. The van der Waals surface area contributed by atoms with Crippen molar-refractivity contribution >= 4 is 35.5 Å². The number of unbranched alkanes of at least 4 members (excludes halogenated alkanes) is 1. The van der Waals surface area contributed by atoms with Gasteiger partial charge < -0.3 is 32.1 Å². The van der Waals surface area contributed by atoms with E-state index in [4.69, 9.17) is 16.7 Å². The summed E-state index contributed by atoms with van der Waals surface area (Å²) in [6.45, 7) is 4.21. The van der Waals surface area contributed by atoms with Crippen LogP contribution in [0.25, 0.3) is 0 Å². The molecule has 14 heteroatoms. The Bertz CT molecular complexity index is 836. The van der Waals surface area contributed by atoms with Crippen molar-refractivity contribution in [2.75, 3.05) is 13.1 Å². The van der Waals surface area contributed by atoms with Crippen LogP contribution in [0.5, 0.6) is 0 Å². The number of nitrogens with two attached hydrogens (primary N) is 2. The van der Waals surface area contributed by atoms with Gasteiger partial charge in [-0.3, -0.25) is 34.0 Å². The van der Waals surface area contributed by atoms with Crippen LogP contribution in [0, 0.1) is 11.8 Å². The molecular weight excluding hydrogens is 488 g/mol. The van der Waals surface area contributed by atoms with Crippen molar-refractivity contribution in [2.24, 2.45) is 23.3 Å². The third kappa shape index (κ3) is 10.7. The summed E-state index contributed by atoms with van der Waals surface area (Å²) in [4.78, 5) is 75.3. The molecule has 14 nitrogen and oxygen atoms in total. The molecule has 1 aliphatic rings. The van der Waals surface area contributed by atoms with E-state index in [0.29, 0.717) is 25.8 Å². The molecule has 1 rings (SSSR count). The third-order valence-corrected chi connectivity index (χ3v) is 6.12. The predicted octanol–water partition coefficient (Wildman–Crippen LogP) is -1.41. The summed E-state index contributed by atoms with van der Waals surface area (Å²) in [5.41, 5.74) is 12.3. The topological polar surface area (TPSA) is 234 Å². The van der Waals surface area contributed by atoms with Gasteiger partial charge in [-0.1, -0.05) is 13.8 Å². The van der Waals surface area contributed by atoms with Crippen molar-refractivity contribution in [1.29, 1.82) is 0 Å². The Labute approximate surface area is 215 Å². The highest BCUT2D eigenvalue weighted by atomic mass is 16.5. The average molecular weight is 529 g/mol. The van der Waals surface area contributed by atoms with Gasteiger partial charge in [0.15, 0.2) is 0 Å². The van der Waals surface area contributed by atoms with E-state index in [-0.39, 0.29) is 38.1 Å². The van der Waals surface area contributed by atoms with Gasteiger partial charge in [0.2, 0.25) is 29.5 Å². The first-order valence-corrected chi connectivity index (χ1v) is 12.5. The fraction of sp³-hybridized carbons (Fsp3) is 0.739. The number of amides is 5. The Morgan fingerprint density at radius 3 is 2.24 bits per heavy atom. The van der Waals surface area contributed by atoms with Crippen LogP contribution in [0.2, 0.25) is 0 Å². The number of carboxylic acid groups (broad SMARTS) is 1. The molecule has 0 aliphatic carbocycles. The number of hydrogen-bond acceptors (Lipinski definition) is 8. The maximum atomic E-state index is 13.3. The first-order valence-electron chi connectivity index (χ1n) is 12.5. The van der Waals surface area contributed by atoms with Crippen molar-refractivity contribution in [1.82, 2.24) is 21.0 Å². The van der Waals surface area contributed by atoms with Gasteiger partial charge in [0.05, 0.1) is 6.42 Å². The summed E-state index contributed by atoms with van der Waals surface area (Å²) in [5, 5.41) is 23.2. The van der Waals surface area contributed by atoms with Crippen molar-refractivity contribution in [2.45, 2.75) is 83.3 Å². The van der Waals surface area contributed by atoms with Crippen molar-refractivity contribution < 1.29 is 39.1 Å². The Balaban J connectivity index is 3.03. The minimum Gasteiger partial charge on any atom is -0.481 e. The molecule has 0 aromatic heterocycles. The van der Waals surface area contributed by atoms with E-state index in [1.807, 2.05) is 13.8 Å². The number of likely N-dealkylation sites (tertiary alicyclic amines) is 1. The van der Waals surface area contributed by atoms with Crippen molar-refractivity contribution in [3.63, 3.8) is 0 Å². The highest BCUT2D eigenvalue weighted by Gasteiger charge is 2.40. The Morgan fingerprint density at radius 1 is 1.03 bits per heavy atom. The Hall–Kier alpha value is -3.26. The Kier molecular flexibility index (Phi) is 13.5. The maximum Gasteiger partial charge on any atom is 0.305 e. The van der Waals surface area contributed by atoms with E-state index in [0.717, 1.165) is 0 Å². The predicted molar refractivity (Wildman–Crippen MR) is 130 cm³/mol. The molecule has 5 amide bonds. The van der Waals surface area contributed by atoms with Gasteiger partial charge in [0.25, 0.3) is 0 Å². The molecule has 1 saturated heterocycles. The molecule has 0 aromatic carbocycles. The number of carbonyl (C=O) groups excluding carboxylic acids is 5. The van der Waals surface area contributed by atoms with Gasteiger partial charge in [-0.25, -0.2) is 5.48 Å². The molecule has 0 bridgehead atoms. The minimum atomic E-state index is -1.48. The van der Waals surface area contributed by atoms with Gasteiger partial charge in [-0.05, 0) is 51.0 Å². The first-order chi connectivity index (χ1) is 17.4. The van der Waals surface area contributed by atoms with Crippen LogP contribution in [0.4, 0.5) is 0 Å². The number of hydrogen-bond donors (Lipinski definition) is 7. The molecule has 1 aliphatic heterocycles. The van der Waals surface area contributed by atoms with E-state index >= 15 is 0 Å². The quantitative estimate of drug-likeness (QED) is 0.0707. The average Bonchev–Trinajstić information content (AvgIpc) is 3.31. The Morgan fingerprint density at radius 2 is 1.70 bits per heavy atom. The van der Waals surface area contributed by atoms with E-state index in [9.17, 15) is 33.9 Å². The van der Waals surface area contributed by atoms with Crippen LogP contribution < -0.4 is 27.6 Å². The monoisotopic (exact) mass is 528 g/mol. The molecule has 1 fully saturated rings. The van der Waals surface area contributed by atoms with E-state index in [1.54, 1.807) is 0 Å². The van der Waals surface area contributed by atoms with Gasteiger partial charge in [0.1, 0.15) is 18.1 Å². The van der Waals surface area contributed by atoms with E-state index in [1.165, 1.54) is 10.4 Å². The van der Waals surface area contributed by atoms with Crippen LogP contribution >= 0.6 is 0 Å². The van der Waals surface area contributed by atoms with Gasteiger partial charge in [-0.2, -0.15) is 0 Å². The molecule has 37 heavy (non-hydrogen) atoms. The maximum absolute atomic E-state index is 13.3. The minimum absolute atomic E-state index is 0.00872. The van der Waals surface area contributed by atoms with E-state index < -0.39 is 66.0 Å².